The smallest absolute Gasteiger partial charge is 0.230 e. The predicted octanol–water partition coefficient (Wildman–Crippen LogP) is 3.89. The van der Waals surface area contributed by atoms with Gasteiger partial charge >= 0.3 is 0 Å². The third kappa shape index (κ3) is 2.18. The zero-order chi connectivity index (χ0) is 14.1. The molecular formula is C14H9BrFN3O. The molecule has 0 saturated carbocycles. The summed E-state index contributed by atoms with van der Waals surface area (Å²) in [5, 5.41) is 3.98. The Morgan fingerprint density at radius 1 is 1.15 bits per heavy atom. The summed E-state index contributed by atoms with van der Waals surface area (Å²) in [6.07, 6.45) is 3.32. The monoisotopic (exact) mass is 333 g/mol. The molecule has 2 N–H and O–H groups in total. The van der Waals surface area contributed by atoms with E-state index in [2.05, 4.69) is 26.1 Å². The molecule has 0 bridgehead atoms. The van der Waals surface area contributed by atoms with Crippen LogP contribution in [0.5, 0.6) is 0 Å². The molecule has 0 spiro atoms. The molecule has 0 aliphatic carbocycles. The number of hydrogen-bond donors (Lipinski definition) is 1. The van der Waals surface area contributed by atoms with Crippen molar-refractivity contribution >= 4 is 21.8 Å². The van der Waals surface area contributed by atoms with Crippen LogP contribution in [0, 0.1) is 5.82 Å². The SMILES string of the molecule is Nc1onc(-c2ccc(F)cc2Br)c1-c1ccncc1. The van der Waals surface area contributed by atoms with E-state index in [1.807, 2.05) is 12.1 Å². The van der Waals surface area contributed by atoms with Gasteiger partial charge in [0.25, 0.3) is 0 Å². The molecule has 6 heteroatoms. The Morgan fingerprint density at radius 3 is 2.60 bits per heavy atom. The highest BCUT2D eigenvalue weighted by molar-refractivity contribution is 9.10. The minimum Gasteiger partial charge on any atom is -0.367 e. The standard InChI is InChI=1S/C14H9BrFN3O/c15-11-7-9(16)1-2-10(11)13-12(14(17)20-19-13)8-3-5-18-6-4-8/h1-7H,17H2. The van der Waals surface area contributed by atoms with Gasteiger partial charge in [0.1, 0.15) is 11.5 Å². The molecule has 0 aliphatic heterocycles. The average Bonchev–Trinajstić information content (AvgIpc) is 2.81. The summed E-state index contributed by atoms with van der Waals surface area (Å²) in [5.41, 5.74) is 8.62. The van der Waals surface area contributed by atoms with Crippen molar-refractivity contribution in [2.45, 2.75) is 0 Å². The lowest BCUT2D eigenvalue weighted by atomic mass is 10.0. The topological polar surface area (TPSA) is 64.9 Å². The van der Waals surface area contributed by atoms with Crippen LogP contribution in [0.1, 0.15) is 0 Å². The first-order valence-corrected chi connectivity index (χ1v) is 6.57. The summed E-state index contributed by atoms with van der Waals surface area (Å²) in [6, 6.07) is 7.98. The molecular weight excluding hydrogens is 325 g/mol. The minimum atomic E-state index is -0.331. The number of aromatic nitrogens is 2. The zero-order valence-electron chi connectivity index (χ0n) is 10.2. The number of anilines is 1. The van der Waals surface area contributed by atoms with Gasteiger partial charge in [-0.25, -0.2) is 4.39 Å². The summed E-state index contributed by atoms with van der Waals surface area (Å²) in [7, 11) is 0. The molecule has 100 valence electrons. The molecule has 4 nitrogen and oxygen atoms in total. The lowest BCUT2D eigenvalue weighted by Crippen LogP contribution is -1.89. The fraction of sp³-hybridized carbons (Fsp3) is 0. The molecule has 2 heterocycles. The second kappa shape index (κ2) is 5.05. The Morgan fingerprint density at radius 2 is 1.90 bits per heavy atom. The first-order chi connectivity index (χ1) is 9.66. The van der Waals surface area contributed by atoms with Gasteiger partial charge in [0, 0.05) is 22.4 Å². The minimum absolute atomic E-state index is 0.211. The van der Waals surface area contributed by atoms with E-state index in [1.54, 1.807) is 18.5 Å². The van der Waals surface area contributed by atoms with Gasteiger partial charge in [-0.2, -0.15) is 0 Å². The zero-order valence-corrected chi connectivity index (χ0v) is 11.8. The fourth-order valence-electron chi connectivity index (χ4n) is 1.97. The Balaban J connectivity index is 2.21. The van der Waals surface area contributed by atoms with Crippen LogP contribution in [0.15, 0.2) is 51.7 Å². The first-order valence-electron chi connectivity index (χ1n) is 5.78. The maximum atomic E-state index is 13.2. The maximum Gasteiger partial charge on any atom is 0.230 e. The van der Waals surface area contributed by atoms with Crippen molar-refractivity contribution in [1.82, 2.24) is 10.1 Å². The van der Waals surface area contributed by atoms with Crippen molar-refractivity contribution in [2.75, 3.05) is 5.73 Å². The van der Waals surface area contributed by atoms with Gasteiger partial charge in [-0.15, -0.1) is 0 Å². The lowest BCUT2D eigenvalue weighted by Gasteiger charge is -2.04. The average molecular weight is 334 g/mol. The lowest BCUT2D eigenvalue weighted by molar-refractivity contribution is 0.439. The van der Waals surface area contributed by atoms with Gasteiger partial charge in [-0.1, -0.05) is 5.16 Å². The molecule has 2 aromatic heterocycles. The van der Waals surface area contributed by atoms with E-state index in [-0.39, 0.29) is 11.7 Å². The first kappa shape index (κ1) is 12.8. The molecule has 0 fully saturated rings. The van der Waals surface area contributed by atoms with E-state index < -0.39 is 0 Å². The number of pyridine rings is 1. The van der Waals surface area contributed by atoms with Crippen LogP contribution in [0.25, 0.3) is 22.4 Å². The molecule has 0 amide bonds. The van der Waals surface area contributed by atoms with Crippen molar-refractivity contribution in [1.29, 1.82) is 0 Å². The number of benzene rings is 1. The van der Waals surface area contributed by atoms with E-state index in [9.17, 15) is 4.39 Å². The molecule has 1 aromatic carbocycles. The molecule has 3 aromatic rings. The van der Waals surface area contributed by atoms with Crippen LogP contribution in [-0.4, -0.2) is 10.1 Å². The van der Waals surface area contributed by atoms with Crippen molar-refractivity contribution in [3.63, 3.8) is 0 Å². The second-order valence-corrected chi connectivity index (χ2v) is 4.98. The van der Waals surface area contributed by atoms with Crippen molar-refractivity contribution in [2.24, 2.45) is 0 Å². The molecule has 20 heavy (non-hydrogen) atoms. The van der Waals surface area contributed by atoms with Crippen LogP contribution < -0.4 is 5.73 Å². The van der Waals surface area contributed by atoms with Crippen LogP contribution in [0.3, 0.4) is 0 Å². The van der Waals surface area contributed by atoms with Gasteiger partial charge in [0.05, 0.1) is 5.56 Å². The molecule has 0 saturated heterocycles. The van der Waals surface area contributed by atoms with Crippen molar-refractivity contribution in [3.05, 3.63) is 53.0 Å². The number of halogens is 2. The van der Waals surface area contributed by atoms with Crippen LogP contribution >= 0.6 is 15.9 Å². The van der Waals surface area contributed by atoms with Gasteiger partial charge < -0.3 is 10.3 Å². The molecule has 3 rings (SSSR count). The van der Waals surface area contributed by atoms with Crippen molar-refractivity contribution in [3.8, 4) is 22.4 Å². The summed E-state index contributed by atoms with van der Waals surface area (Å²) in [4.78, 5) is 3.97. The third-order valence-electron chi connectivity index (χ3n) is 2.87. The number of nitrogens with zero attached hydrogens (tertiary/aromatic N) is 2. The Bertz CT molecular complexity index is 758. The Hall–Kier alpha value is -2.21. The van der Waals surface area contributed by atoms with Gasteiger partial charge in [0.15, 0.2) is 0 Å². The van der Waals surface area contributed by atoms with Gasteiger partial charge in [-0.3, -0.25) is 4.98 Å². The van der Waals surface area contributed by atoms with E-state index in [1.165, 1.54) is 12.1 Å². The Kier molecular flexibility index (Phi) is 3.23. The maximum absolute atomic E-state index is 13.2. The molecule has 0 radical (unpaired) electrons. The number of rotatable bonds is 2. The van der Waals surface area contributed by atoms with E-state index in [0.717, 1.165) is 5.56 Å². The fourth-order valence-corrected chi connectivity index (χ4v) is 2.50. The van der Waals surface area contributed by atoms with Gasteiger partial charge in [0.2, 0.25) is 5.88 Å². The van der Waals surface area contributed by atoms with Gasteiger partial charge in [-0.05, 0) is 51.8 Å². The third-order valence-corrected chi connectivity index (χ3v) is 3.53. The molecule has 0 aliphatic rings. The predicted molar refractivity (Wildman–Crippen MR) is 77.2 cm³/mol. The largest absolute Gasteiger partial charge is 0.367 e. The molecule has 0 atom stereocenters. The quantitative estimate of drug-likeness (QED) is 0.772. The second-order valence-electron chi connectivity index (χ2n) is 4.13. The van der Waals surface area contributed by atoms with E-state index >= 15 is 0 Å². The highest BCUT2D eigenvalue weighted by Gasteiger charge is 2.19. The normalized spacial score (nSPS) is 10.7. The summed E-state index contributed by atoms with van der Waals surface area (Å²) in [6.45, 7) is 0. The molecule has 0 unspecified atom stereocenters. The van der Waals surface area contributed by atoms with Crippen LogP contribution in [0.2, 0.25) is 0 Å². The van der Waals surface area contributed by atoms with Crippen LogP contribution in [0.4, 0.5) is 10.3 Å². The highest BCUT2D eigenvalue weighted by Crippen LogP contribution is 2.38. The number of hydrogen-bond acceptors (Lipinski definition) is 4. The Labute approximate surface area is 122 Å². The number of nitrogen functional groups attached to an aromatic ring is 1. The summed E-state index contributed by atoms with van der Waals surface area (Å²) in [5.74, 6) is -0.120. The summed E-state index contributed by atoms with van der Waals surface area (Å²) < 4.78 is 18.9. The highest BCUT2D eigenvalue weighted by atomic mass is 79.9. The number of nitrogens with two attached hydrogens (primary N) is 1. The summed E-state index contributed by atoms with van der Waals surface area (Å²) >= 11 is 3.32. The van der Waals surface area contributed by atoms with E-state index in [0.29, 0.717) is 21.3 Å². The van der Waals surface area contributed by atoms with E-state index in [4.69, 9.17) is 10.3 Å². The van der Waals surface area contributed by atoms with Crippen molar-refractivity contribution < 1.29 is 8.91 Å². The van der Waals surface area contributed by atoms with Crippen LogP contribution in [-0.2, 0) is 0 Å².